The second-order valence-electron chi connectivity index (χ2n) is 7.04. The number of non-ortho nitro benzene ring substituents is 1. The summed E-state index contributed by atoms with van der Waals surface area (Å²) < 4.78 is 30.0. The van der Waals surface area contributed by atoms with E-state index in [1.54, 1.807) is 33.1 Å². The van der Waals surface area contributed by atoms with Crippen LogP contribution < -0.4 is 5.32 Å². The molecular weight excluding hydrogens is 409 g/mol. The first-order valence-corrected chi connectivity index (χ1v) is 11.8. The van der Waals surface area contributed by atoms with Gasteiger partial charge in [-0.1, -0.05) is 0 Å². The predicted octanol–water partition coefficient (Wildman–Crippen LogP) is 4.61. The predicted molar refractivity (Wildman–Crippen MR) is 117 cm³/mol. The van der Waals surface area contributed by atoms with Crippen LogP contribution in [0.15, 0.2) is 35.8 Å². The lowest BCUT2D eigenvalue weighted by Crippen LogP contribution is -2.39. The molecule has 30 heavy (non-hydrogen) atoms. The smallest absolute Gasteiger partial charge is 0.377 e. The van der Waals surface area contributed by atoms with Crippen LogP contribution >= 0.6 is 7.60 Å². The standard InChI is InChI=1S/C20H32N3O6P/c1-5-28-30(26,29-6-2)20(21-17-9-11-18(12-10-17)23(24)25)14-16(3)22-13-7-8-19(22)15-27-4/h9-12,14,16,19,21H,5-8,13,15H2,1-4H3/b20-14+/t16?,19-/m0/s1. The van der Waals surface area contributed by atoms with Crippen molar-refractivity contribution in [3.63, 3.8) is 0 Å². The Hall–Kier alpha value is -1.77. The van der Waals surface area contributed by atoms with Crippen molar-refractivity contribution in [3.8, 4) is 0 Å². The fourth-order valence-corrected chi connectivity index (χ4v) is 5.32. The first kappa shape index (κ1) is 24.5. The molecular formula is C20H32N3O6P. The lowest BCUT2D eigenvalue weighted by atomic mass is 10.2. The summed E-state index contributed by atoms with van der Waals surface area (Å²) in [5.41, 5.74) is 0.876. The Bertz CT molecular complexity index is 760. The second-order valence-corrected chi connectivity index (χ2v) is 9.04. The number of benzene rings is 1. The summed E-state index contributed by atoms with van der Waals surface area (Å²) in [5.74, 6) is 0. The molecule has 168 valence electrons. The number of anilines is 1. The zero-order valence-corrected chi connectivity index (χ0v) is 19.0. The third kappa shape index (κ3) is 6.36. The third-order valence-corrected chi connectivity index (χ3v) is 6.99. The molecule has 1 heterocycles. The number of nitrogens with zero attached hydrogens (tertiary/aromatic N) is 2. The molecule has 0 saturated carbocycles. The summed E-state index contributed by atoms with van der Waals surface area (Å²) in [4.78, 5) is 12.8. The molecule has 1 unspecified atom stereocenters. The van der Waals surface area contributed by atoms with E-state index in [0.717, 1.165) is 19.4 Å². The Morgan fingerprint density at radius 2 is 1.97 bits per heavy atom. The molecule has 0 spiro atoms. The number of ether oxygens (including phenoxy) is 1. The molecule has 1 aliphatic heterocycles. The number of methoxy groups -OCH3 is 1. The van der Waals surface area contributed by atoms with E-state index in [4.69, 9.17) is 13.8 Å². The first-order valence-electron chi connectivity index (χ1n) is 10.2. The Morgan fingerprint density at radius 3 is 2.50 bits per heavy atom. The highest BCUT2D eigenvalue weighted by Crippen LogP contribution is 2.56. The highest BCUT2D eigenvalue weighted by atomic mass is 31.2. The molecule has 0 radical (unpaired) electrons. The van der Waals surface area contributed by atoms with Crippen LogP contribution in [0.2, 0.25) is 0 Å². The van der Waals surface area contributed by atoms with E-state index in [9.17, 15) is 14.7 Å². The maximum atomic E-state index is 13.5. The van der Waals surface area contributed by atoms with Gasteiger partial charge in [-0.05, 0) is 58.4 Å². The van der Waals surface area contributed by atoms with Crippen molar-refractivity contribution < 1.29 is 23.3 Å². The van der Waals surface area contributed by atoms with E-state index in [2.05, 4.69) is 10.2 Å². The Kier molecular flexibility index (Phi) is 9.45. The zero-order chi connectivity index (χ0) is 22.1. The molecule has 0 aliphatic carbocycles. The molecule has 0 aromatic heterocycles. The number of nitro groups is 1. The van der Waals surface area contributed by atoms with E-state index in [1.165, 1.54) is 12.1 Å². The monoisotopic (exact) mass is 441 g/mol. The largest absolute Gasteiger partial charge is 0.383 e. The molecule has 1 aromatic rings. The maximum absolute atomic E-state index is 13.5. The van der Waals surface area contributed by atoms with Crippen molar-refractivity contribution in [2.24, 2.45) is 0 Å². The molecule has 10 heteroatoms. The van der Waals surface area contributed by atoms with Crippen molar-refractivity contribution in [2.45, 2.75) is 45.7 Å². The van der Waals surface area contributed by atoms with Crippen LogP contribution in [0.4, 0.5) is 11.4 Å². The minimum atomic E-state index is -3.60. The molecule has 2 atom stereocenters. The average molecular weight is 441 g/mol. The number of hydrogen-bond donors (Lipinski definition) is 1. The number of nitrogens with one attached hydrogen (secondary N) is 1. The lowest BCUT2D eigenvalue weighted by molar-refractivity contribution is -0.384. The fourth-order valence-electron chi connectivity index (χ4n) is 3.62. The van der Waals surface area contributed by atoms with Crippen molar-refractivity contribution in [2.75, 3.05) is 38.8 Å². The Morgan fingerprint density at radius 1 is 1.33 bits per heavy atom. The third-order valence-electron chi connectivity index (χ3n) is 4.95. The van der Waals surface area contributed by atoms with E-state index in [1.807, 2.05) is 13.0 Å². The molecule has 1 saturated heterocycles. The van der Waals surface area contributed by atoms with Crippen molar-refractivity contribution in [3.05, 3.63) is 45.9 Å². The highest BCUT2D eigenvalue weighted by molar-refractivity contribution is 7.58. The SMILES string of the molecule is CCOP(=O)(OCC)/C(=C/C(C)N1CCC[C@H]1COC)Nc1ccc([N+](=O)[O-])cc1. The molecule has 2 rings (SSSR count). The Labute approximate surface area is 178 Å². The minimum Gasteiger partial charge on any atom is -0.383 e. The van der Waals surface area contributed by atoms with E-state index in [-0.39, 0.29) is 24.9 Å². The van der Waals surface area contributed by atoms with Crippen molar-refractivity contribution in [1.82, 2.24) is 4.90 Å². The lowest BCUT2D eigenvalue weighted by Gasteiger charge is -2.30. The molecule has 1 N–H and O–H groups in total. The zero-order valence-electron chi connectivity index (χ0n) is 18.1. The summed E-state index contributed by atoms with van der Waals surface area (Å²) in [6.45, 7) is 7.55. The van der Waals surface area contributed by atoms with Crippen LogP contribution in [0, 0.1) is 10.1 Å². The summed E-state index contributed by atoms with van der Waals surface area (Å²) >= 11 is 0. The Balaban J connectivity index is 2.35. The van der Waals surface area contributed by atoms with Crippen LogP contribution in [-0.2, 0) is 18.3 Å². The van der Waals surface area contributed by atoms with Gasteiger partial charge in [0.05, 0.1) is 24.7 Å². The minimum absolute atomic E-state index is 0.0169. The summed E-state index contributed by atoms with van der Waals surface area (Å²) in [5, 5.41) is 14.0. The second kappa shape index (κ2) is 11.6. The molecule has 0 amide bonds. The molecule has 9 nitrogen and oxygen atoms in total. The summed E-state index contributed by atoms with van der Waals surface area (Å²) in [6, 6.07) is 6.18. The molecule has 1 aliphatic rings. The van der Waals surface area contributed by atoms with Gasteiger partial charge in [-0.15, -0.1) is 0 Å². The highest BCUT2D eigenvalue weighted by Gasteiger charge is 2.33. The number of nitro benzene ring substituents is 1. The number of hydrogen-bond acceptors (Lipinski definition) is 8. The van der Waals surface area contributed by atoms with Gasteiger partial charge in [0.2, 0.25) is 0 Å². The van der Waals surface area contributed by atoms with Crippen molar-refractivity contribution >= 4 is 19.0 Å². The van der Waals surface area contributed by atoms with Crippen LogP contribution in [0.1, 0.15) is 33.6 Å². The first-order chi connectivity index (χ1) is 14.3. The van der Waals surface area contributed by atoms with E-state index in [0.29, 0.717) is 23.8 Å². The van der Waals surface area contributed by atoms with Gasteiger partial charge >= 0.3 is 7.60 Å². The van der Waals surface area contributed by atoms with Crippen molar-refractivity contribution in [1.29, 1.82) is 0 Å². The summed E-state index contributed by atoms with van der Waals surface area (Å²) in [7, 11) is -1.91. The van der Waals surface area contributed by atoms with Crippen LogP contribution in [0.3, 0.4) is 0 Å². The normalized spacial score (nSPS) is 19.1. The van der Waals surface area contributed by atoms with Gasteiger partial charge in [0.25, 0.3) is 5.69 Å². The van der Waals surface area contributed by atoms with Gasteiger partial charge < -0.3 is 19.1 Å². The van der Waals surface area contributed by atoms with Crippen LogP contribution in [0.5, 0.6) is 0 Å². The van der Waals surface area contributed by atoms with Crippen LogP contribution in [-0.4, -0.2) is 55.4 Å². The van der Waals surface area contributed by atoms with Gasteiger partial charge in [0, 0.05) is 37.0 Å². The van der Waals surface area contributed by atoms with Gasteiger partial charge in [0.15, 0.2) is 0 Å². The fraction of sp³-hybridized carbons (Fsp3) is 0.600. The average Bonchev–Trinajstić information content (AvgIpc) is 3.17. The molecule has 1 fully saturated rings. The van der Waals surface area contributed by atoms with Gasteiger partial charge in [0.1, 0.15) is 5.44 Å². The molecule has 1 aromatic carbocycles. The van der Waals surface area contributed by atoms with Gasteiger partial charge in [-0.25, -0.2) is 0 Å². The number of likely N-dealkylation sites (tertiary alicyclic amines) is 1. The quantitative estimate of drug-likeness (QED) is 0.285. The van der Waals surface area contributed by atoms with Gasteiger partial charge in [-0.3, -0.25) is 19.6 Å². The van der Waals surface area contributed by atoms with Crippen LogP contribution in [0.25, 0.3) is 0 Å². The topological polar surface area (TPSA) is 103 Å². The van der Waals surface area contributed by atoms with E-state index < -0.39 is 12.5 Å². The van der Waals surface area contributed by atoms with Gasteiger partial charge in [-0.2, -0.15) is 0 Å². The summed E-state index contributed by atoms with van der Waals surface area (Å²) in [6.07, 6.45) is 3.99. The van der Waals surface area contributed by atoms with E-state index >= 15 is 0 Å². The number of rotatable bonds is 12. The maximum Gasteiger partial charge on any atom is 0.377 e. The molecule has 0 bridgehead atoms.